The zero-order valence-corrected chi connectivity index (χ0v) is 15.3. The fraction of sp³-hybridized carbons (Fsp3) is 0.263. The van der Waals surface area contributed by atoms with Gasteiger partial charge in [0.05, 0.1) is 17.3 Å². The van der Waals surface area contributed by atoms with E-state index in [2.05, 4.69) is 0 Å². The van der Waals surface area contributed by atoms with Gasteiger partial charge in [-0.2, -0.15) is 0 Å². The Labute approximate surface area is 156 Å². The molecule has 1 aliphatic heterocycles. The Morgan fingerprint density at radius 2 is 1.88 bits per heavy atom. The predicted octanol–water partition coefficient (Wildman–Crippen LogP) is 2.60. The molecule has 2 amide bonds. The first-order chi connectivity index (χ1) is 12.5. The lowest BCUT2D eigenvalue weighted by Gasteiger charge is -2.35. The Hall–Kier alpha value is -2.73. The van der Waals surface area contributed by atoms with Crippen LogP contribution in [-0.2, 0) is 9.59 Å². The van der Waals surface area contributed by atoms with E-state index in [4.69, 9.17) is 21.1 Å². The van der Waals surface area contributed by atoms with Crippen LogP contribution in [0.1, 0.15) is 0 Å². The van der Waals surface area contributed by atoms with Gasteiger partial charge in [-0.05, 0) is 24.3 Å². The summed E-state index contributed by atoms with van der Waals surface area (Å²) in [5, 5.41) is 0.434. The molecule has 0 saturated heterocycles. The monoisotopic (exact) mass is 374 g/mol. The summed E-state index contributed by atoms with van der Waals surface area (Å²) in [6.07, 6.45) is -0.760. The maximum Gasteiger partial charge on any atom is 0.265 e. The number of hydrogen-bond donors (Lipinski definition) is 0. The Kier molecular flexibility index (Phi) is 5.32. The van der Waals surface area contributed by atoms with Gasteiger partial charge in [0.15, 0.2) is 12.7 Å². The van der Waals surface area contributed by atoms with Gasteiger partial charge in [0.1, 0.15) is 11.5 Å². The molecule has 3 rings (SSSR count). The maximum absolute atomic E-state index is 12.8. The van der Waals surface area contributed by atoms with Gasteiger partial charge in [-0.1, -0.05) is 35.9 Å². The van der Waals surface area contributed by atoms with E-state index in [9.17, 15) is 9.59 Å². The van der Waals surface area contributed by atoms with Crippen molar-refractivity contribution < 1.29 is 19.1 Å². The number of ether oxygens (including phenoxy) is 2. The Bertz CT molecular complexity index is 825. The highest BCUT2D eigenvalue weighted by Crippen LogP contribution is 2.33. The normalized spacial score (nSPS) is 15.7. The van der Waals surface area contributed by atoms with Crippen LogP contribution < -0.4 is 14.4 Å². The summed E-state index contributed by atoms with van der Waals surface area (Å²) in [7, 11) is 3.30. The van der Waals surface area contributed by atoms with E-state index in [1.165, 1.54) is 9.80 Å². The minimum absolute atomic E-state index is 0.124. The summed E-state index contributed by atoms with van der Waals surface area (Å²) in [5.41, 5.74) is 0.614. The van der Waals surface area contributed by atoms with Crippen molar-refractivity contribution in [3.8, 4) is 11.5 Å². The second kappa shape index (κ2) is 7.66. The van der Waals surface area contributed by atoms with Crippen molar-refractivity contribution in [3.05, 3.63) is 53.6 Å². The molecule has 2 aromatic carbocycles. The minimum atomic E-state index is -0.760. The van der Waals surface area contributed by atoms with Gasteiger partial charge in [-0.15, -0.1) is 0 Å². The number of para-hydroxylation sites is 3. The topological polar surface area (TPSA) is 59.1 Å². The molecule has 6 nitrogen and oxygen atoms in total. The number of anilines is 1. The Balaban J connectivity index is 1.79. The van der Waals surface area contributed by atoms with Crippen LogP contribution in [0.15, 0.2) is 48.5 Å². The lowest BCUT2D eigenvalue weighted by molar-refractivity contribution is -0.136. The quantitative estimate of drug-likeness (QED) is 0.825. The number of carbonyl (C=O) groups is 2. The highest BCUT2D eigenvalue weighted by Gasteiger charge is 2.34. The standard InChI is InChI=1S/C19H19ClN2O4/c1-21(2)19(24)17-11-22(14-8-4-6-10-16(14)26-17)18(23)12-25-15-9-5-3-7-13(15)20/h3-10,17H,11-12H2,1-2H3. The number of rotatable bonds is 4. The third-order valence-corrected chi connectivity index (χ3v) is 4.29. The van der Waals surface area contributed by atoms with E-state index in [0.717, 1.165) is 0 Å². The van der Waals surface area contributed by atoms with E-state index in [1.54, 1.807) is 56.6 Å². The van der Waals surface area contributed by atoms with Gasteiger partial charge in [-0.3, -0.25) is 9.59 Å². The zero-order valence-electron chi connectivity index (χ0n) is 14.5. The van der Waals surface area contributed by atoms with Crippen LogP contribution in [0, 0.1) is 0 Å². The SMILES string of the molecule is CN(C)C(=O)C1CN(C(=O)COc2ccccc2Cl)c2ccccc2O1. The van der Waals surface area contributed by atoms with Crippen LogP contribution in [0.25, 0.3) is 0 Å². The number of hydrogen-bond acceptors (Lipinski definition) is 4. The van der Waals surface area contributed by atoms with Gasteiger partial charge in [0.2, 0.25) is 0 Å². The molecule has 0 fully saturated rings. The first kappa shape index (κ1) is 18.1. The molecule has 0 aromatic heterocycles. The van der Waals surface area contributed by atoms with Gasteiger partial charge < -0.3 is 19.3 Å². The van der Waals surface area contributed by atoms with E-state index >= 15 is 0 Å². The summed E-state index contributed by atoms with van der Waals surface area (Å²) in [4.78, 5) is 28.0. The summed E-state index contributed by atoms with van der Waals surface area (Å²) in [5.74, 6) is 0.441. The lowest BCUT2D eigenvalue weighted by atomic mass is 10.1. The molecule has 0 spiro atoms. The van der Waals surface area contributed by atoms with E-state index in [1.807, 2.05) is 6.07 Å². The van der Waals surface area contributed by atoms with Crippen molar-refractivity contribution in [2.45, 2.75) is 6.10 Å². The molecule has 0 saturated carbocycles. The molecule has 0 bridgehead atoms. The van der Waals surface area contributed by atoms with Crippen molar-refractivity contribution in [2.24, 2.45) is 0 Å². The molecule has 2 aromatic rings. The summed E-state index contributed by atoms with van der Waals surface area (Å²) in [6.45, 7) is -0.0698. The van der Waals surface area contributed by atoms with Crippen molar-refractivity contribution in [1.82, 2.24) is 4.90 Å². The molecule has 0 N–H and O–H groups in total. The number of fused-ring (bicyclic) bond motifs is 1. The Morgan fingerprint density at radius 3 is 2.62 bits per heavy atom. The summed E-state index contributed by atoms with van der Waals surface area (Å²) in [6, 6.07) is 14.1. The molecule has 1 atom stereocenters. The van der Waals surface area contributed by atoms with E-state index < -0.39 is 6.10 Å². The van der Waals surface area contributed by atoms with Crippen LogP contribution >= 0.6 is 11.6 Å². The molecule has 0 radical (unpaired) electrons. The van der Waals surface area contributed by atoms with Crippen molar-refractivity contribution in [3.63, 3.8) is 0 Å². The van der Waals surface area contributed by atoms with Crippen molar-refractivity contribution in [2.75, 3.05) is 32.1 Å². The van der Waals surface area contributed by atoms with Crippen molar-refractivity contribution in [1.29, 1.82) is 0 Å². The minimum Gasteiger partial charge on any atom is -0.482 e. The van der Waals surface area contributed by atoms with Crippen LogP contribution in [-0.4, -0.2) is 50.1 Å². The molecular weight excluding hydrogens is 356 g/mol. The van der Waals surface area contributed by atoms with Crippen LogP contribution in [0.4, 0.5) is 5.69 Å². The van der Waals surface area contributed by atoms with Gasteiger partial charge in [0.25, 0.3) is 11.8 Å². The van der Waals surface area contributed by atoms with Gasteiger partial charge >= 0.3 is 0 Å². The Morgan fingerprint density at radius 1 is 1.19 bits per heavy atom. The first-order valence-corrected chi connectivity index (χ1v) is 8.49. The number of nitrogens with zero attached hydrogens (tertiary/aromatic N) is 2. The maximum atomic E-state index is 12.8. The number of benzene rings is 2. The molecule has 1 unspecified atom stereocenters. The number of likely N-dealkylation sites (N-methyl/N-ethyl adjacent to an activating group) is 1. The van der Waals surface area contributed by atoms with Gasteiger partial charge in [0, 0.05) is 14.1 Å². The average Bonchev–Trinajstić information content (AvgIpc) is 2.65. The smallest absolute Gasteiger partial charge is 0.265 e. The molecular formula is C19H19ClN2O4. The van der Waals surface area contributed by atoms with Crippen molar-refractivity contribution >= 4 is 29.1 Å². The second-order valence-electron chi connectivity index (χ2n) is 6.03. The highest BCUT2D eigenvalue weighted by molar-refractivity contribution is 6.32. The molecule has 1 heterocycles. The fourth-order valence-electron chi connectivity index (χ4n) is 2.67. The molecule has 136 valence electrons. The zero-order chi connectivity index (χ0) is 18.7. The molecule has 26 heavy (non-hydrogen) atoms. The number of halogens is 1. The van der Waals surface area contributed by atoms with Crippen LogP contribution in [0.5, 0.6) is 11.5 Å². The molecule has 0 aliphatic carbocycles. The fourth-order valence-corrected chi connectivity index (χ4v) is 2.86. The van der Waals surface area contributed by atoms with Crippen LogP contribution in [0.3, 0.4) is 0 Å². The third-order valence-electron chi connectivity index (χ3n) is 3.98. The molecule has 1 aliphatic rings. The second-order valence-corrected chi connectivity index (χ2v) is 6.44. The lowest BCUT2D eigenvalue weighted by Crippen LogP contribution is -2.51. The number of carbonyl (C=O) groups excluding carboxylic acids is 2. The summed E-state index contributed by atoms with van der Waals surface area (Å²) >= 11 is 6.05. The van der Waals surface area contributed by atoms with Gasteiger partial charge in [-0.25, -0.2) is 0 Å². The largest absolute Gasteiger partial charge is 0.482 e. The third kappa shape index (κ3) is 3.75. The molecule has 7 heteroatoms. The van der Waals surface area contributed by atoms with E-state index in [0.29, 0.717) is 22.2 Å². The first-order valence-electron chi connectivity index (χ1n) is 8.12. The van der Waals surface area contributed by atoms with Crippen LogP contribution in [0.2, 0.25) is 5.02 Å². The predicted molar refractivity (Wildman–Crippen MR) is 98.9 cm³/mol. The average molecular weight is 375 g/mol. The number of amides is 2. The highest BCUT2D eigenvalue weighted by atomic mass is 35.5. The van der Waals surface area contributed by atoms with E-state index in [-0.39, 0.29) is 25.0 Å². The summed E-state index contributed by atoms with van der Waals surface area (Å²) < 4.78 is 11.3.